The van der Waals surface area contributed by atoms with Gasteiger partial charge in [-0.25, -0.2) is 0 Å². The molecule has 1 fully saturated rings. The molecule has 2 atom stereocenters. The fraction of sp³-hybridized carbons (Fsp3) is 0.579. The predicted molar refractivity (Wildman–Crippen MR) is 91.9 cm³/mol. The second kappa shape index (κ2) is 7.62. The van der Waals surface area contributed by atoms with Crippen LogP contribution in [0.2, 0.25) is 0 Å². The summed E-state index contributed by atoms with van der Waals surface area (Å²) in [7, 11) is 0. The van der Waals surface area contributed by atoms with Crippen molar-refractivity contribution in [2.45, 2.75) is 52.6 Å². The summed E-state index contributed by atoms with van der Waals surface area (Å²) >= 11 is 0. The molecule has 1 aromatic rings. The number of hydrogen-bond acceptors (Lipinski definition) is 2. The number of hydrogen-bond donors (Lipinski definition) is 1. The van der Waals surface area contributed by atoms with E-state index in [2.05, 4.69) is 33.0 Å². The quantitative estimate of drug-likeness (QED) is 0.877. The van der Waals surface area contributed by atoms with Gasteiger partial charge in [-0.2, -0.15) is 0 Å². The third kappa shape index (κ3) is 4.57. The van der Waals surface area contributed by atoms with Crippen LogP contribution >= 0.6 is 0 Å². The summed E-state index contributed by atoms with van der Waals surface area (Å²) in [6, 6.07) is 9.06. The molecular weight excluding hydrogens is 288 g/mol. The minimum absolute atomic E-state index is 0.0140. The molecule has 23 heavy (non-hydrogen) atoms. The van der Waals surface area contributed by atoms with Gasteiger partial charge in [0.15, 0.2) is 0 Å². The van der Waals surface area contributed by atoms with E-state index in [1.165, 1.54) is 0 Å². The molecule has 0 saturated carbocycles. The molecule has 1 aromatic carbocycles. The lowest BCUT2D eigenvalue weighted by molar-refractivity contribution is -0.150. The van der Waals surface area contributed by atoms with Crippen molar-refractivity contribution < 1.29 is 9.59 Å². The predicted octanol–water partition coefficient (Wildman–Crippen LogP) is 2.63. The minimum Gasteiger partial charge on any atom is -0.342 e. The van der Waals surface area contributed by atoms with Crippen LogP contribution in [0.5, 0.6) is 0 Å². The highest BCUT2D eigenvalue weighted by Gasteiger charge is 2.40. The maximum Gasteiger partial charge on any atom is 0.246 e. The highest BCUT2D eigenvalue weighted by Crippen LogP contribution is 2.20. The first-order chi connectivity index (χ1) is 10.9. The molecule has 2 rings (SSSR count). The number of benzene rings is 1. The smallest absolute Gasteiger partial charge is 0.246 e. The molecule has 1 heterocycles. The average Bonchev–Trinajstić information content (AvgIpc) is 2.48. The van der Waals surface area contributed by atoms with E-state index in [4.69, 9.17) is 0 Å². The molecule has 1 saturated heterocycles. The maximum atomic E-state index is 12.9. The Hall–Kier alpha value is -1.84. The van der Waals surface area contributed by atoms with E-state index >= 15 is 0 Å². The summed E-state index contributed by atoms with van der Waals surface area (Å²) in [5, 5.41) is 2.94. The Morgan fingerprint density at radius 2 is 1.70 bits per heavy atom. The lowest BCUT2D eigenvalue weighted by Gasteiger charge is -2.40. The molecular formula is C19H28N2O2. The number of carbonyl (C=O) groups is 2. The van der Waals surface area contributed by atoms with Crippen molar-refractivity contribution in [3.8, 4) is 0 Å². The molecule has 2 amide bonds. The van der Waals surface area contributed by atoms with Crippen molar-refractivity contribution >= 4 is 11.8 Å². The Morgan fingerprint density at radius 3 is 2.26 bits per heavy atom. The van der Waals surface area contributed by atoms with E-state index < -0.39 is 6.04 Å². The molecule has 0 aromatic heterocycles. The van der Waals surface area contributed by atoms with Crippen LogP contribution in [0.25, 0.3) is 0 Å². The van der Waals surface area contributed by atoms with Crippen LogP contribution in [0.4, 0.5) is 0 Å². The Balaban J connectivity index is 2.18. The molecule has 4 heteroatoms. The lowest BCUT2D eigenvalue weighted by Crippen LogP contribution is -2.64. The van der Waals surface area contributed by atoms with Gasteiger partial charge in [0, 0.05) is 13.0 Å². The molecule has 126 valence electrons. The van der Waals surface area contributed by atoms with Gasteiger partial charge in [0.1, 0.15) is 12.1 Å². The number of nitrogens with zero attached hydrogens (tertiary/aromatic N) is 1. The van der Waals surface area contributed by atoms with Crippen molar-refractivity contribution in [2.24, 2.45) is 11.8 Å². The molecule has 1 N–H and O–H groups in total. The molecule has 4 nitrogen and oxygen atoms in total. The Bertz CT molecular complexity index is 540. The van der Waals surface area contributed by atoms with Gasteiger partial charge in [-0.15, -0.1) is 0 Å². The van der Waals surface area contributed by atoms with Gasteiger partial charge >= 0.3 is 0 Å². The van der Waals surface area contributed by atoms with Crippen LogP contribution in [0.3, 0.4) is 0 Å². The molecule has 1 aliphatic heterocycles. The van der Waals surface area contributed by atoms with Crippen LogP contribution in [0.1, 0.15) is 39.7 Å². The SMILES string of the molecule is CC(C)CC1C(=O)NC(Cc2ccccc2)C(=O)N1CC(C)C. The van der Waals surface area contributed by atoms with E-state index in [0.717, 1.165) is 5.56 Å². The summed E-state index contributed by atoms with van der Waals surface area (Å²) in [6.07, 6.45) is 1.26. The lowest BCUT2D eigenvalue weighted by atomic mass is 9.94. The Morgan fingerprint density at radius 1 is 1.04 bits per heavy atom. The largest absolute Gasteiger partial charge is 0.342 e. The van der Waals surface area contributed by atoms with Gasteiger partial charge in [0.25, 0.3) is 0 Å². The number of nitrogens with one attached hydrogen (secondary N) is 1. The van der Waals surface area contributed by atoms with E-state index in [-0.39, 0.29) is 17.9 Å². The number of amides is 2. The topological polar surface area (TPSA) is 49.4 Å². The van der Waals surface area contributed by atoms with Gasteiger partial charge in [-0.1, -0.05) is 58.0 Å². The normalized spacial score (nSPS) is 21.9. The highest BCUT2D eigenvalue weighted by atomic mass is 16.2. The van der Waals surface area contributed by atoms with Gasteiger partial charge in [0.2, 0.25) is 11.8 Å². The fourth-order valence-electron chi connectivity index (χ4n) is 3.10. The summed E-state index contributed by atoms with van der Waals surface area (Å²) in [6.45, 7) is 8.97. The Kier molecular flexibility index (Phi) is 5.80. The van der Waals surface area contributed by atoms with Crippen molar-refractivity contribution in [3.05, 3.63) is 35.9 Å². The summed E-state index contributed by atoms with van der Waals surface area (Å²) in [4.78, 5) is 27.3. The van der Waals surface area contributed by atoms with E-state index in [9.17, 15) is 9.59 Å². The van der Waals surface area contributed by atoms with Crippen LogP contribution in [-0.4, -0.2) is 35.3 Å². The van der Waals surface area contributed by atoms with Crippen molar-refractivity contribution in [3.63, 3.8) is 0 Å². The number of rotatable bonds is 6. The molecule has 0 radical (unpaired) electrons. The maximum absolute atomic E-state index is 12.9. The standard InChI is InChI=1S/C19H28N2O2/c1-13(2)10-17-18(22)20-16(11-15-8-6-5-7-9-15)19(23)21(17)12-14(3)4/h5-9,13-14,16-17H,10-12H2,1-4H3,(H,20,22). The monoisotopic (exact) mass is 316 g/mol. The summed E-state index contributed by atoms with van der Waals surface area (Å²) in [5.74, 6) is 0.753. The second-order valence-electron chi connectivity index (χ2n) is 7.28. The highest BCUT2D eigenvalue weighted by molar-refractivity contribution is 5.97. The van der Waals surface area contributed by atoms with Crippen LogP contribution in [0.15, 0.2) is 30.3 Å². The van der Waals surface area contributed by atoms with Crippen molar-refractivity contribution in [1.29, 1.82) is 0 Å². The third-order valence-corrected chi connectivity index (χ3v) is 4.12. The van der Waals surface area contributed by atoms with E-state index in [0.29, 0.717) is 31.2 Å². The van der Waals surface area contributed by atoms with Crippen LogP contribution in [0, 0.1) is 11.8 Å². The van der Waals surface area contributed by atoms with Crippen LogP contribution < -0.4 is 5.32 Å². The van der Waals surface area contributed by atoms with Gasteiger partial charge < -0.3 is 10.2 Å². The first-order valence-corrected chi connectivity index (χ1v) is 8.53. The second-order valence-corrected chi connectivity index (χ2v) is 7.28. The number of piperazine rings is 1. The first kappa shape index (κ1) is 17.5. The molecule has 2 unspecified atom stereocenters. The molecule has 0 bridgehead atoms. The van der Waals surface area contributed by atoms with Crippen LogP contribution in [-0.2, 0) is 16.0 Å². The average molecular weight is 316 g/mol. The third-order valence-electron chi connectivity index (χ3n) is 4.12. The van der Waals surface area contributed by atoms with E-state index in [1.807, 2.05) is 30.3 Å². The fourth-order valence-corrected chi connectivity index (χ4v) is 3.10. The van der Waals surface area contributed by atoms with Gasteiger partial charge in [0.05, 0.1) is 0 Å². The Labute approximate surface area is 139 Å². The van der Waals surface area contributed by atoms with Gasteiger partial charge in [-0.05, 0) is 23.8 Å². The summed E-state index contributed by atoms with van der Waals surface area (Å²) in [5.41, 5.74) is 1.07. The summed E-state index contributed by atoms with van der Waals surface area (Å²) < 4.78 is 0. The van der Waals surface area contributed by atoms with Crippen molar-refractivity contribution in [2.75, 3.05) is 6.54 Å². The van der Waals surface area contributed by atoms with Gasteiger partial charge in [-0.3, -0.25) is 9.59 Å². The zero-order valence-electron chi connectivity index (χ0n) is 14.6. The zero-order valence-corrected chi connectivity index (χ0v) is 14.6. The molecule has 0 aliphatic carbocycles. The van der Waals surface area contributed by atoms with Crippen molar-refractivity contribution in [1.82, 2.24) is 10.2 Å². The minimum atomic E-state index is -0.452. The number of carbonyl (C=O) groups excluding carboxylic acids is 2. The molecule has 0 spiro atoms. The van der Waals surface area contributed by atoms with E-state index in [1.54, 1.807) is 4.90 Å². The zero-order chi connectivity index (χ0) is 17.0. The first-order valence-electron chi connectivity index (χ1n) is 8.53. The molecule has 1 aliphatic rings.